The zero-order chi connectivity index (χ0) is 19.8. The minimum Gasteiger partial charge on any atom is -0.363 e. The van der Waals surface area contributed by atoms with Gasteiger partial charge in [0.25, 0.3) is 5.56 Å². The molecule has 1 fully saturated rings. The number of thioether (sulfide) groups is 1. The third kappa shape index (κ3) is 5.97. The smallest absolute Gasteiger partial charge is 0.293 e. The molecule has 0 radical (unpaired) electrons. The summed E-state index contributed by atoms with van der Waals surface area (Å²) in [5, 5.41) is 3.39. The van der Waals surface area contributed by atoms with E-state index in [1.54, 1.807) is 28.7 Å². The third-order valence-electron chi connectivity index (χ3n) is 5.06. The first-order valence-electron chi connectivity index (χ1n) is 9.91. The Bertz CT molecular complexity index is 826. The predicted octanol–water partition coefficient (Wildman–Crippen LogP) is 3.59. The highest BCUT2D eigenvalue weighted by atomic mass is 32.2. The van der Waals surface area contributed by atoms with Gasteiger partial charge in [0.05, 0.1) is 0 Å². The zero-order valence-corrected chi connectivity index (χ0v) is 17.6. The molecule has 1 saturated heterocycles. The molecule has 0 amide bonds. The maximum atomic E-state index is 12.5. The van der Waals surface area contributed by atoms with Crippen LogP contribution >= 0.6 is 11.8 Å². The number of aryl methyl sites for hydroxylation is 1. The highest BCUT2D eigenvalue weighted by molar-refractivity contribution is 7.98. The first-order valence-corrected chi connectivity index (χ1v) is 11.3. The Morgan fingerprint density at radius 2 is 2.04 bits per heavy atom. The van der Waals surface area contributed by atoms with Crippen LogP contribution in [0.25, 0.3) is 6.08 Å². The summed E-state index contributed by atoms with van der Waals surface area (Å²) in [5.41, 5.74) is 2.61. The van der Waals surface area contributed by atoms with Crippen molar-refractivity contribution in [3.05, 3.63) is 64.2 Å². The summed E-state index contributed by atoms with van der Waals surface area (Å²) < 4.78 is 1.75. The highest BCUT2D eigenvalue weighted by Gasteiger charge is 2.20. The lowest BCUT2D eigenvalue weighted by molar-refractivity contribution is 0.236. The molecule has 6 heteroatoms. The lowest BCUT2D eigenvalue weighted by Crippen LogP contribution is -2.41. The molecule has 28 heavy (non-hydrogen) atoms. The minimum absolute atomic E-state index is 0.0133. The number of anilines is 1. The number of nitrogens with one attached hydrogen (secondary N) is 1. The number of rotatable bonds is 8. The molecular weight excluding hydrogens is 368 g/mol. The van der Waals surface area contributed by atoms with Crippen LogP contribution in [0.2, 0.25) is 0 Å². The molecule has 1 aromatic heterocycles. The average molecular weight is 399 g/mol. The van der Waals surface area contributed by atoms with Gasteiger partial charge in [0.15, 0.2) is 5.82 Å². The number of nitrogens with zero attached hydrogens (tertiary/aromatic N) is 3. The molecular formula is C22H30N4OS. The van der Waals surface area contributed by atoms with Gasteiger partial charge in [-0.25, -0.2) is 4.98 Å². The fraction of sp³-hybridized carbons (Fsp3) is 0.455. The van der Waals surface area contributed by atoms with E-state index in [2.05, 4.69) is 58.7 Å². The Labute approximate surface area is 171 Å². The van der Waals surface area contributed by atoms with Crippen LogP contribution in [-0.2, 0) is 6.54 Å². The molecule has 3 rings (SSSR count). The Kier molecular flexibility index (Phi) is 7.74. The van der Waals surface area contributed by atoms with Crippen molar-refractivity contribution in [3.8, 4) is 0 Å². The van der Waals surface area contributed by atoms with Crippen molar-refractivity contribution in [3.63, 3.8) is 0 Å². The van der Waals surface area contributed by atoms with Crippen LogP contribution in [0.1, 0.15) is 25.3 Å². The van der Waals surface area contributed by atoms with Gasteiger partial charge in [-0.05, 0) is 31.6 Å². The Hall–Kier alpha value is -2.05. The number of benzene rings is 1. The van der Waals surface area contributed by atoms with Gasteiger partial charge in [-0.3, -0.25) is 9.69 Å². The van der Waals surface area contributed by atoms with E-state index in [-0.39, 0.29) is 5.56 Å². The Balaban J connectivity index is 1.51. The van der Waals surface area contributed by atoms with E-state index < -0.39 is 0 Å². The van der Waals surface area contributed by atoms with Crippen molar-refractivity contribution in [1.29, 1.82) is 0 Å². The van der Waals surface area contributed by atoms with E-state index in [1.165, 1.54) is 11.1 Å². The summed E-state index contributed by atoms with van der Waals surface area (Å²) in [7, 11) is 0. The van der Waals surface area contributed by atoms with Crippen molar-refractivity contribution < 1.29 is 0 Å². The van der Waals surface area contributed by atoms with Crippen LogP contribution in [0.5, 0.6) is 0 Å². The first-order chi connectivity index (χ1) is 13.7. The molecule has 1 aliphatic heterocycles. The van der Waals surface area contributed by atoms with Crippen LogP contribution < -0.4 is 10.9 Å². The topological polar surface area (TPSA) is 50.2 Å². The van der Waals surface area contributed by atoms with E-state index >= 15 is 0 Å². The summed E-state index contributed by atoms with van der Waals surface area (Å²) >= 11 is 1.74. The van der Waals surface area contributed by atoms with Gasteiger partial charge in [-0.2, -0.15) is 11.8 Å². The van der Waals surface area contributed by atoms with E-state index in [0.717, 1.165) is 44.8 Å². The van der Waals surface area contributed by atoms with Crippen molar-refractivity contribution in [1.82, 2.24) is 14.5 Å². The molecule has 150 valence electrons. The van der Waals surface area contributed by atoms with E-state index in [1.807, 2.05) is 6.07 Å². The minimum atomic E-state index is -0.0133. The normalized spacial score (nSPS) is 16.3. The van der Waals surface area contributed by atoms with Gasteiger partial charge in [0.2, 0.25) is 0 Å². The van der Waals surface area contributed by atoms with Crippen LogP contribution in [-0.4, -0.2) is 52.1 Å². The fourth-order valence-corrected chi connectivity index (χ4v) is 3.95. The van der Waals surface area contributed by atoms with Gasteiger partial charge < -0.3 is 9.88 Å². The standard InChI is InChI=1S/C22H30N4OS/c1-18(16-19-6-4-3-5-7-19)17-25-11-8-20(9-12-25)24-21-22(27)26(13-10-23-21)14-15-28-2/h3-7,10,13,16,20H,8-9,11-12,14-15,17H2,1-2H3,(H,23,24). The molecule has 0 bridgehead atoms. The second kappa shape index (κ2) is 10.5. The zero-order valence-electron chi connectivity index (χ0n) is 16.8. The maximum absolute atomic E-state index is 12.5. The van der Waals surface area contributed by atoms with Gasteiger partial charge in [0.1, 0.15) is 0 Å². The molecule has 0 atom stereocenters. The molecule has 2 aromatic rings. The van der Waals surface area contributed by atoms with Crippen LogP contribution in [0.15, 0.2) is 53.1 Å². The van der Waals surface area contributed by atoms with E-state index in [4.69, 9.17) is 0 Å². The number of hydrogen-bond donors (Lipinski definition) is 1. The van der Waals surface area contributed by atoms with Gasteiger partial charge >= 0.3 is 0 Å². The number of aromatic nitrogens is 2. The van der Waals surface area contributed by atoms with E-state index in [0.29, 0.717) is 11.9 Å². The van der Waals surface area contributed by atoms with Crippen LogP contribution in [0.3, 0.4) is 0 Å². The molecule has 2 heterocycles. The largest absolute Gasteiger partial charge is 0.363 e. The molecule has 0 aliphatic carbocycles. The SMILES string of the molecule is CSCCn1ccnc(NC2CCN(CC(C)=Cc3ccccc3)CC2)c1=O. The first kappa shape index (κ1) is 20.7. The van der Waals surface area contributed by atoms with Crippen molar-refractivity contribution in [2.75, 3.05) is 37.0 Å². The molecule has 0 saturated carbocycles. The molecule has 1 N–H and O–H groups in total. The highest BCUT2D eigenvalue weighted by Crippen LogP contribution is 2.16. The Morgan fingerprint density at radius 3 is 2.75 bits per heavy atom. The monoisotopic (exact) mass is 398 g/mol. The quantitative estimate of drug-likeness (QED) is 0.736. The van der Waals surface area contributed by atoms with Gasteiger partial charge in [-0.15, -0.1) is 0 Å². The molecule has 1 aromatic carbocycles. The molecule has 5 nitrogen and oxygen atoms in total. The van der Waals surface area contributed by atoms with Crippen molar-refractivity contribution in [2.45, 2.75) is 32.4 Å². The summed E-state index contributed by atoms with van der Waals surface area (Å²) in [6, 6.07) is 10.8. The second-order valence-corrected chi connectivity index (χ2v) is 8.35. The third-order valence-corrected chi connectivity index (χ3v) is 5.65. The lowest BCUT2D eigenvalue weighted by atomic mass is 10.0. The molecule has 1 aliphatic rings. The fourth-order valence-electron chi connectivity index (χ4n) is 3.57. The van der Waals surface area contributed by atoms with Crippen molar-refractivity contribution >= 4 is 23.7 Å². The summed E-state index contributed by atoms with van der Waals surface area (Å²) in [5.74, 6) is 1.42. The number of likely N-dealkylation sites (tertiary alicyclic amines) is 1. The average Bonchev–Trinajstić information content (AvgIpc) is 2.71. The van der Waals surface area contributed by atoms with Crippen molar-refractivity contribution in [2.24, 2.45) is 0 Å². The summed E-state index contributed by atoms with van der Waals surface area (Å²) in [6.45, 7) is 5.98. The van der Waals surface area contributed by atoms with Gasteiger partial charge in [-0.1, -0.05) is 42.0 Å². The van der Waals surface area contributed by atoms with Crippen LogP contribution in [0.4, 0.5) is 5.82 Å². The second-order valence-electron chi connectivity index (χ2n) is 7.36. The summed E-state index contributed by atoms with van der Waals surface area (Å²) in [4.78, 5) is 19.3. The van der Waals surface area contributed by atoms with Crippen LogP contribution in [0, 0.1) is 0 Å². The Morgan fingerprint density at radius 1 is 1.29 bits per heavy atom. The summed E-state index contributed by atoms with van der Waals surface area (Å²) in [6.07, 6.45) is 9.86. The van der Waals surface area contributed by atoms with E-state index in [9.17, 15) is 4.79 Å². The molecule has 0 spiro atoms. The number of hydrogen-bond acceptors (Lipinski definition) is 5. The number of piperidine rings is 1. The predicted molar refractivity (Wildman–Crippen MR) is 120 cm³/mol. The lowest BCUT2D eigenvalue weighted by Gasteiger charge is -2.32. The molecule has 0 unspecified atom stereocenters. The van der Waals surface area contributed by atoms with Gasteiger partial charge in [0, 0.05) is 50.4 Å². The maximum Gasteiger partial charge on any atom is 0.293 e.